The van der Waals surface area contributed by atoms with Gasteiger partial charge in [0.15, 0.2) is 6.29 Å². The Morgan fingerprint density at radius 3 is 2.88 bits per heavy atom. The predicted octanol–water partition coefficient (Wildman–Crippen LogP) is 1.47. The lowest BCUT2D eigenvalue weighted by molar-refractivity contribution is 0.0600. The fourth-order valence-electron chi connectivity index (χ4n) is 1.66. The number of ether oxygens (including phenoxy) is 1. The van der Waals surface area contributed by atoms with Gasteiger partial charge in [-0.1, -0.05) is 0 Å². The summed E-state index contributed by atoms with van der Waals surface area (Å²) in [7, 11) is 1.33. The van der Waals surface area contributed by atoms with Gasteiger partial charge in [0.2, 0.25) is 0 Å². The Labute approximate surface area is 91.4 Å². The second-order valence-electron chi connectivity index (χ2n) is 3.38. The van der Waals surface area contributed by atoms with Crippen molar-refractivity contribution in [3.63, 3.8) is 0 Å². The first-order valence-electron chi connectivity index (χ1n) is 4.70. The minimum Gasteiger partial charge on any atom is -0.465 e. The van der Waals surface area contributed by atoms with Crippen LogP contribution in [0.15, 0.2) is 12.1 Å². The first-order chi connectivity index (χ1) is 7.69. The Hall–Kier alpha value is -2.17. The van der Waals surface area contributed by atoms with Gasteiger partial charge in [-0.05, 0) is 24.6 Å². The maximum atomic E-state index is 11.4. The number of aryl methyl sites for hydroxylation is 1. The molecule has 0 radical (unpaired) electrons. The number of H-pyrrole nitrogens is 1. The van der Waals surface area contributed by atoms with Gasteiger partial charge in [0, 0.05) is 5.39 Å². The predicted molar refractivity (Wildman–Crippen MR) is 57.6 cm³/mol. The van der Waals surface area contributed by atoms with Crippen molar-refractivity contribution in [2.75, 3.05) is 7.11 Å². The molecule has 1 aromatic carbocycles. The third-order valence-electron chi connectivity index (χ3n) is 2.53. The number of carbonyl (C=O) groups is 2. The summed E-state index contributed by atoms with van der Waals surface area (Å²) < 4.78 is 4.65. The number of hydrogen-bond donors (Lipinski definition) is 1. The van der Waals surface area contributed by atoms with Crippen molar-refractivity contribution in [2.24, 2.45) is 0 Å². The van der Waals surface area contributed by atoms with Crippen molar-refractivity contribution in [1.29, 1.82) is 0 Å². The Morgan fingerprint density at radius 1 is 1.50 bits per heavy atom. The number of aromatic nitrogens is 2. The number of aldehydes is 1. The molecular formula is C11H10N2O3. The molecule has 0 atom stereocenters. The number of benzene rings is 1. The smallest absolute Gasteiger partial charge is 0.338 e. The molecule has 0 amide bonds. The van der Waals surface area contributed by atoms with E-state index in [0.29, 0.717) is 34.0 Å². The second kappa shape index (κ2) is 3.77. The van der Waals surface area contributed by atoms with Crippen LogP contribution in [0.2, 0.25) is 0 Å². The van der Waals surface area contributed by atoms with E-state index < -0.39 is 5.97 Å². The van der Waals surface area contributed by atoms with Gasteiger partial charge in [0.05, 0.1) is 18.2 Å². The maximum absolute atomic E-state index is 11.4. The summed E-state index contributed by atoms with van der Waals surface area (Å²) in [5.74, 6) is -0.407. The lowest BCUT2D eigenvalue weighted by Gasteiger charge is -2.03. The van der Waals surface area contributed by atoms with E-state index in [1.807, 2.05) is 0 Å². The van der Waals surface area contributed by atoms with Crippen molar-refractivity contribution in [3.05, 3.63) is 29.0 Å². The van der Waals surface area contributed by atoms with Crippen LogP contribution in [0.1, 0.15) is 26.4 Å². The molecule has 1 aromatic heterocycles. The zero-order chi connectivity index (χ0) is 11.7. The van der Waals surface area contributed by atoms with E-state index in [0.717, 1.165) is 0 Å². The van der Waals surface area contributed by atoms with Crippen LogP contribution in [0.5, 0.6) is 0 Å². The number of carbonyl (C=O) groups excluding carboxylic acids is 2. The normalized spacial score (nSPS) is 10.4. The fourth-order valence-corrected chi connectivity index (χ4v) is 1.66. The van der Waals surface area contributed by atoms with E-state index in [9.17, 15) is 9.59 Å². The lowest BCUT2D eigenvalue weighted by atomic mass is 10.0. The first kappa shape index (κ1) is 10.4. The number of nitrogens with one attached hydrogen (secondary N) is 1. The number of aromatic amines is 1. The van der Waals surface area contributed by atoms with Crippen LogP contribution in [-0.4, -0.2) is 29.6 Å². The summed E-state index contributed by atoms with van der Waals surface area (Å²) in [4.78, 5) is 22.1. The molecule has 2 aromatic rings. The molecule has 2 rings (SSSR count). The summed E-state index contributed by atoms with van der Waals surface area (Å²) in [6.07, 6.45) is 0.701. The fraction of sp³-hybridized carbons (Fsp3) is 0.182. The van der Waals surface area contributed by atoms with Crippen LogP contribution < -0.4 is 0 Å². The van der Waals surface area contributed by atoms with E-state index in [1.165, 1.54) is 7.11 Å². The summed E-state index contributed by atoms with van der Waals surface area (Å²) in [6, 6.07) is 3.31. The zero-order valence-electron chi connectivity index (χ0n) is 8.90. The van der Waals surface area contributed by atoms with Gasteiger partial charge in [0.25, 0.3) is 0 Å². The summed E-state index contributed by atoms with van der Waals surface area (Å²) in [5.41, 5.74) is 2.19. The highest BCUT2D eigenvalue weighted by Crippen LogP contribution is 2.22. The minimum atomic E-state index is -0.407. The number of esters is 1. The quantitative estimate of drug-likeness (QED) is 0.612. The molecule has 16 heavy (non-hydrogen) atoms. The molecule has 1 heterocycles. The van der Waals surface area contributed by atoms with E-state index in [-0.39, 0.29) is 0 Å². The molecule has 0 aliphatic carbocycles. The topological polar surface area (TPSA) is 72.1 Å². The van der Waals surface area contributed by atoms with Crippen LogP contribution in [0.4, 0.5) is 0 Å². The lowest BCUT2D eigenvalue weighted by Crippen LogP contribution is -2.03. The van der Waals surface area contributed by atoms with Gasteiger partial charge < -0.3 is 4.74 Å². The van der Waals surface area contributed by atoms with Gasteiger partial charge in [-0.3, -0.25) is 9.89 Å². The average molecular weight is 218 g/mol. The Balaban J connectivity index is 2.71. The standard InChI is InChI=1S/C11H10N2O3/c1-6-7(11(15)16-2)3-4-8-9(5-14)12-13-10(6)8/h3-5H,1-2H3,(H,12,13). The van der Waals surface area contributed by atoms with Crippen LogP contribution in [0.3, 0.4) is 0 Å². The monoisotopic (exact) mass is 218 g/mol. The SMILES string of the molecule is COC(=O)c1ccc2c(C=O)[nH]nc2c1C. The number of rotatable bonds is 2. The van der Waals surface area contributed by atoms with E-state index in [2.05, 4.69) is 14.9 Å². The van der Waals surface area contributed by atoms with Crippen molar-refractivity contribution in [2.45, 2.75) is 6.92 Å². The molecule has 0 fully saturated rings. The van der Waals surface area contributed by atoms with E-state index >= 15 is 0 Å². The molecule has 5 nitrogen and oxygen atoms in total. The maximum Gasteiger partial charge on any atom is 0.338 e. The molecular weight excluding hydrogens is 208 g/mol. The Kier molecular flexibility index (Phi) is 2.44. The number of fused-ring (bicyclic) bond motifs is 1. The second-order valence-corrected chi connectivity index (χ2v) is 3.38. The highest BCUT2D eigenvalue weighted by molar-refractivity contribution is 6.01. The molecule has 0 bridgehead atoms. The first-order valence-corrected chi connectivity index (χ1v) is 4.70. The molecule has 82 valence electrons. The van der Waals surface area contributed by atoms with Crippen LogP contribution in [0.25, 0.3) is 10.9 Å². The molecule has 5 heteroatoms. The van der Waals surface area contributed by atoms with Crippen LogP contribution in [-0.2, 0) is 4.74 Å². The molecule has 0 spiro atoms. The molecule has 0 saturated heterocycles. The largest absolute Gasteiger partial charge is 0.465 e. The van der Waals surface area contributed by atoms with Crippen LogP contribution in [0, 0.1) is 6.92 Å². The van der Waals surface area contributed by atoms with Crippen molar-refractivity contribution in [3.8, 4) is 0 Å². The Bertz CT molecular complexity index is 572. The van der Waals surface area contributed by atoms with Gasteiger partial charge in [-0.15, -0.1) is 0 Å². The third-order valence-corrected chi connectivity index (χ3v) is 2.53. The van der Waals surface area contributed by atoms with Gasteiger partial charge >= 0.3 is 5.97 Å². The zero-order valence-corrected chi connectivity index (χ0v) is 8.90. The Morgan fingerprint density at radius 2 is 2.25 bits per heavy atom. The van der Waals surface area contributed by atoms with E-state index in [4.69, 9.17) is 0 Å². The van der Waals surface area contributed by atoms with Crippen LogP contribution >= 0.6 is 0 Å². The van der Waals surface area contributed by atoms with E-state index in [1.54, 1.807) is 19.1 Å². The molecule has 0 aliphatic heterocycles. The van der Waals surface area contributed by atoms with Gasteiger partial charge in [-0.2, -0.15) is 5.10 Å². The number of hydrogen-bond acceptors (Lipinski definition) is 4. The molecule has 0 aliphatic rings. The molecule has 0 saturated carbocycles. The molecule has 1 N–H and O–H groups in total. The molecule has 0 unspecified atom stereocenters. The highest BCUT2D eigenvalue weighted by Gasteiger charge is 2.14. The average Bonchev–Trinajstić information content (AvgIpc) is 2.72. The number of nitrogens with zero attached hydrogens (tertiary/aromatic N) is 1. The van der Waals surface area contributed by atoms with Gasteiger partial charge in [-0.25, -0.2) is 4.79 Å². The van der Waals surface area contributed by atoms with Crippen molar-refractivity contribution in [1.82, 2.24) is 10.2 Å². The highest BCUT2D eigenvalue weighted by atomic mass is 16.5. The minimum absolute atomic E-state index is 0.407. The summed E-state index contributed by atoms with van der Waals surface area (Å²) in [5, 5.41) is 7.33. The summed E-state index contributed by atoms with van der Waals surface area (Å²) in [6.45, 7) is 1.77. The number of methoxy groups -OCH3 is 1. The van der Waals surface area contributed by atoms with Gasteiger partial charge in [0.1, 0.15) is 5.69 Å². The summed E-state index contributed by atoms with van der Waals surface area (Å²) >= 11 is 0. The third kappa shape index (κ3) is 1.37. The van der Waals surface area contributed by atoms with Crippen molar-refractivity contribution < 1.29 is 14.3 Å². The van der Waals surface area contributed by atoms with Crippen molar-refractivity contribution >= 4 is 23.2 Å².